The highest BCUT2D eigenvalue weighted by atomic mass is 35.5. The first-order chi connectivity index (χ1) is 17.0. The Morgan fingerprint density at radius 1 is 1.03 bits per heavy atom. The molecule has 1 aliphatic heterocycles. The van der Waals surface area contributed by atoms with E-state index in [0.717, 1.165) is 37.0 Å². The Hall–Kier alpha value is -3.22. The highest BCUT2D eigenvalue weighted by molar-refractivity contribution is 6.33. The zero-order chi connectivity index (χ0) is 23.9. The summed E-state index contributed by atoms with van der Waals surface area (Å²) in [5.74, 6) is 1.85. The van der Waals surface area contributed by atoms with Crippen LogP contribution in [0.1, 0.15) is 18.4 Å². The third-order valence-corrected chi connectivity index (χ3v) is 7.81. The van der Waals surface area contributed by atoms with Crippen molar-refractivity contribution in [3.63, 3.8) is 0 Å². The minimum atomic E-state index is -0.122. The molecule has 35 heavy (non-hydrogen) atoms. The molecule has 0 radical (unpaired) electrons. The smallest absolute Gasteiger partial charge is 0.259 e. The molecule has 178 valence electrons. The van der Waals surface area contributed by atoms with Crippen molar-refractivity contribution in [1.82, 2.24) is 19.4 Å². The van der Waals surface area contributed by atoms with E-state index >= 15 is 0 Å². The summed E-state index contributed by atoms with van der Waals surface area (Å²) in [5.41, 5.74) is 3.14. The minimum Gasteiger partial charge on any atom is -0.351 e. The molecule has 7 heteroatoms. The van der Waals surface area contributed by atoms with Crippen LogP contribution in [0.2, 0.25) is 5.02 Å². The van der Waals surface area contributed by atoms with Gasteiger partial charge in [0, 0.05) is 60.5 Å². The molecular weight excluding hydrogens is 458 g/mol. The quantitative estimate of drug-likeness (QED) is 0.432. The van der Waals surface area contributed by atoms with Gasteiger partial charge >= 0.3 is 0 Å². The second-order valence-electron chi connectivity index (χ2n) is 9.90. The third kappa shape index (κ3) is 4.32. The molecule has 3 atom stereocenters. The van der Waals surface area contributed by atoms with Gasteiger partial charge < -0.3 is 5.32 Å². The fourth-order valence-electron chi connectivity index (χ4n) is 5.86. The van der Waals surface area contributed by atoms with Gasteiger partial charge in [0.25, 0.3) is 5.56 Å². The zero-order valence-electron chi connectivity index (χ0n) is 19.7. The van der Waals surface area contributed by atoms with Crippen molar-refractivity contribution in [1.29, 1.82) is 0 Å². The first-order valence-electron chi connectivity index (χ1n) is 12.2. The Balaban J connectivity index is 1.23. The molecule has 2 bridgehead atoms. The maximum atomic E-state index is 13.1. The number of nitrogens with zero attached hydrogens (tertiary/aromatic N) is 4. The maximum Gasteiger partial charge on any atom is 0.259 e. The topological polar surface area (TPSA) is 63.1 Å². The number of hydrogen-bond acceptors (Lipinski definition) is 5. The van der Waals surface area contributed by atoms with Crippen LogP contribution >= 0.6 is 11.6 Å². The molecular formula is C28H28ClN5O. The molecule has 0 spiro atoms. The van der Waals surface area contributed by atoms with E-state index in [1.54, 1.807) is 23.9 Å². The molecule has 1 saturated carbocycles. The average Bonchev–Trinajstić information content (AvgIpc) is 3.15. The zero-order valence-corrected chi connectivity index (χ0v) is 20.4. The van der Waals surface area contributed by atoms with Gasteiger partial charge in [-0.15, -0.1) is 0 Å². The second-order valence-corrected chi connectivity index (χ2v) is 10.3. The molecule has 4 aromatic rings. The number of hydrogen-bond donors (Lipinski definition) is 1. The summed E-state index contributed by atoms with van der Waals surface area (Å²) >= 11 is 6.36. The summed E-state index contributed by atoms with van der Waals surface area (Å²) in [6.45, 7) is 3.22. The van der Waals surface area contributed by atoms with Gasteiger partial charge in [0.1, 0.15) is 5.65 Å². The number of pyridine rings is 1. The van der Waals surface area contributed by atoms with E-state index in [4.69, 9.17) is 16.6 Å². The fraction of sp³-hybridized carbons (Fsp3) is 0.321. The first-order valence-corrected chi connectivity index (χ1v) is 12.6. The molecule has 2 aromatic carbocycles. The summed E-state index contributed by atoms with van der Waals surface area (Å²) in [4.78, 5) is 25.1. The number of fused-ring (bicyclic) bond motifs is 3. The van der Waals surface area contributed by atoms with Crippen molar-refractivity contribution in [3.8, 4) is 11.1 Å². The van der Waals surface area contributed by atoms with Crippen LogP contribution in [0, 0.1) is 11.8 Å². The Morgan fingerprint density at radius 3 is 2.66 bits per heavy atom. The predicted octanol–water partition coefficient (Wildman–Crippen LogP) is 4.97. The lowest BCUT2D eigenvalue weighted by Crippen LogP contribution is -2.38. The lowest BCUT2D eigenvalue weighted by Gasteiger charge is -2.32. The largest absolute Gasteiger partial charge is 0.351 e. The van der Waals surface area contributed by atoms with Crippen molar-refractivity contribution < 1.29 is 0 Å². The molecule has 3 unspecified atom stereocenters. The third-order valence-electron chi connectivity index (χ3n) is 7.48. The summed E-state index contributed by atoms with van der Waals surface area (Å²) in [7, 11) is 1.76. The Kier molecular flexibility index (Phi) is 5.78. The Bertz CT molecular complexity index is 1440. The van der Waals surface area contributed by atoms with Gasteiger partial charge in [-0.2, -0.15) is 4.98 Å². The van der Waals surface area contributed by atoms with Crippen LogP contribution in [0.15, 0.2) is 71.7 Å². The normalized spacial score (nSPS) is 21.9. The molecule has 2 aromatic heterocycles. The van der Waals surface area contributed by atoms with Crippen LogP contribution in [0.5, 0.6) is 0 Å². The highest BCUT2D eigenvalue weighted by Crippen LogP contribution is 2.38. The summed E-state index contributed by atoms with van der Waals surface area (Å²) < 4.78 is 1.59. The van der Waals surface area contributed by atoms with Crippen LogP contribution in [0.25, 0.3) is 22.2 Å². The molecule has 0 amide bonds. The van der Waals surface area contributed by atoms with Crippen molar-refractivity contribution in [2.45, 2.75) is 25.4 Å². The van der Waals surface area contributed by atoms with Gasteiger partial charge in [0.05, 0.1) is 0 Å². The monoisotopic (exact) mass is 485 g/mol. The molecule has 6 rings (SSSR count). The highest BCUT2D eigenvalue weighted by Gasteiger charge is 2.40. The van der Waals surface area contributed by atoms with Crippen molar-refractivity contribution >= 4 is 28.6 Å². The number of rotatable bonds is 5. The van der Waals surface area contributed by atoms with Crippen LogP contribution in [-0.2, 0) is 13.6 Å². The molecule has 2 aliphatic rings. The molecule has 1 aliphatic carbocycles. The van der Waals surface area contributed by atoms with E-state index in [1.165, 1.54) is 12.0 Å². The molecule has 1 saturated heterocycles. The summed E-state index contributed by atoms with van der Waals surface area (Å²) in [5, 5.41) is 4.97. The van der Waals surface area contributed by atoms with Crippen LogP contribution < -0.4 is 10.9 Å². The van der Waals surface area contributed by atoms with Gasteiger partial charge in [0.15, 0.2) is 0 Å². The number of aromatic nitrogens is 3. The lowest BCUT2D eigenvalue weighted by atomic mass is 9.97. The van der Waals surface area contributed by atoms with Gasteiger partial charge in [-0.1, -0.05) is 60.1 Å². The van der Waals surface area contributed by atoms with E-state index in [1.807, 2.05) is 24.3 Å². The summed E-state index contributed by atoms with van der Waals surface area (Å²) in [6.07, 6.45) is 4.17. The number of aryl methyl sites for hydroxylation is 1. The van der Waals surface area contributed by atoms with E-state index in [-0.39, 0.29) is 5.56 Å². The average molecular weight is 486 g/mol. The van der Waals surface area contributed by atoms with E-state index in [2.05, 4.69) is 45.5 Å². The number of piperidine rings is 1. The van der Waals surface area contributed by atoms with Crippen molar-refractivity contribution in [3.05, 3.63) is 87.8 Å². The van der Waals surface area contributed by atoms with Crippen LogP contribution in [0.4, 0.5) is 5.95 Å². The lowest BCUT2D eigenvalue weighted by molar-refractivity contribution is 0.159. The van der Waals surface area contributed by atoms with Crippen molar-refractivity contribution in [2.75, 3.05) is 18.4 Å². The van der Waals surface area contributed by atoms with Gasteiger partial charge in [0.2, 0.25) is 5.95 Å². The van der Waals surface area contributed by atoms with Gasteiger partial charge in [-0.25, -0.2) is 4.98 Å². The van der Waals surface area contributed by atoms with Crippen molar-refractivity contribution in [2.24, 2.45) is 18.9 Å². The molecule has 2 fully saturated rings. The minimum absolute atomic E-state index is 0.122. The Morgan fingerprint density at radius 2 is 1.83 bits per heavy atom. The second kappa shape index (κ2) is 9.10. The number of anilines is 1. The van der Waals surface area contributed by atoms with Crippen LogP contribution in [0.3, 0.4) is 0 Å². The van der Waals surface area contributed by atoms with E-state index < -0.39 is 0 Å². The number of benzene rings is 2. The standard InChI is InChI=1S/C28H28ClN5O/c1-33-26-20(13-23(27(33)35)22-9-5-6-10-24(22)29)14-30-28(32-26)31-25-12-19-11-21(25)17-34(16-19)15-18-7-3-2-4-8-18/h2-10,13-14,19,21,25H,11-12,15-17H2,1H3,(H,30,31,32). The molecule has 6 nitrogen and oxygen atoms in total. The van der Waals surface area contributed by atoms with E-state index in [9.17, 15) is 4.79 Å². The van der Waals surface area contributed by atoms with Crippen LogP contribution in [-0.4, -0.2) is 38.6 Å². The predicted molar refractivity (Wildman–Crippen MR) is 141 cm³/mol. The maximum absolute atomic E-state index is 13.1. The Labute approximate surface area is 209 Å². The number of likely N-dealkylation sites (tertiary alicyclic amines) is 1. The molecule has 3 heterocycles. The summed E-state index contributed by atoms with van der Waals surface area (Å²) in [6, 6.07) is 20.3. The van der Waals surface area contributed by atoms with Gasteiger partial charge in [-0.05, 0) is 42.4 Å². The number of nitrogens with one attached hydrogen (secondary N) is 1. The first kappa shape index (κ1) is 22.3. The fourth-order valence-corrected chi connectivity index (χ4v) is 6.10. The van der Waals surface area contributed by atoms with E-state index in [0.29, 0.717) is 40.1 Å². The molecule has 1 N–H and O–H groups in total. The van der Waals surface area contributed by atoms with Gasteiger partial charge in [-0.3, -0.25) is 14.3 Å². The number of halogens is 1. The SMILES string of the molecule is Cn1c(=O)c(-c2ccccc2Cl)cc2cnc(NC3CC4CC3CN(Cc3ccccc3)C4)nc21.